The highest BCUT2D eigenvalue weighted by Gasteiger charge is 2.39. The molecule has 0 aliphatic carbocycles. The molecule has 1 heteroatoms. The molecule has 0 N–H and O–H groups in total. The third kappa shape index (κ3) is 6.40. The highest BCUT2D eigenvalue weighted by Crippen LogP contribution is 2.45. The zero-order valence-electron chi connectivity index (χ0n) is 18.0. The van der Waals surface area contributed by atoms with Gasteiger partial charge in [0, 0.05) is 5.54 Å². The average molecular weight is 324 g/mol. The van der Waals surface area contributed by atoms with E-state index in [-0.39, 0.29) is 0 Å². The molecule has 23 heavy (non-hydrogen) atoms. The first kappa shape index (κ1) is 21.0. The lowest BCUT2D eigenvalue weighted by Gasteiger charge is -2.49. The van der Waals surface area contributed by atoms with Crippen LogP contribution in [0.3, 0.4) is 0 Å². The van der Waals surface area contributed by atoms with Crippen LogP contribution in [-0.4, -0.2) is 23.5 Å². The Balaban J connectivity index is 2.64. The van der Waals surface area contributed by atoms with Crippen molar-refractivity contribution in [2.24, 2.45) is 22.2 Å². The molecule has 0 radical (unpaired) electrons. The van der Waals surface area contributed by atoms with Gasteiger partial charge in [-0.1, -0.05) is 61.8 Å². The van der Waals surface area contributed by atoms with E-state index < -0.39 is 0 Å². The van der Waals surface area contributed by atoms with E-state index in [0.717, 1.165) is 5.92 Å². The lowest BCUT2D eigenvalue weighted by molar-refractivity contribution is 0.00645. The van der Waals surface area contributed by atoms with Crippen LogP contribution in [0.25, 0.3) is 0 Å². The van der Waals surface area contributed by atoms with Crippen molar-refractivity contribution in [2.45, 2.75) is 107 Å². The molecule has 0 atom stereocenters. The van der Waals surface area contributed by atoms with E-state index in [4.69, 9.17) is 0 Å². The minimum absolute atomic E-state index is 0.329. The molecule has 1 fully saturated rings. The van der Waals surface area contributed by atoms with E-state index in [9.17, 15) is 0 Å². The van der Waals surface area contributed by atoms with Gasteiger partial charge in [0.15, 0.2) is 0 Å². The van der Waals surface area contributed by atoms with Gasteiger partial charge >= 0.3 is 0 Å². The molecule has 1 rings (SSSR count). The van der Waals surface area contributed by atoms with Crippen LogP contribution in [0.2, 0.25) is 0 Å². The number of rotatable bonds is 6. The van der Waals surface area contributed by atoms with Crippen LogP contribution in [0.1, 0.15) is 101 Å². The molecular weight excluding hydrogens is 278 g/mol. The number of piperidine rings is 1. The molecule has 1 heterocycles. The Morgan fingerprint density at radius 1 is 0.783 bits per heavy atom. The largest absolute Gasteiger partial charge is 0.298 e. The van der Waals surface area contributed by atoms with E-state index in [1.54, 1.807) is 0 Å². The summed E-state index contributed by atoms with van der Waals surface area (Å²) in [6, 6.07) is 0. The summed E-state index contributed by atoms with van der Waals surface area (Å²) < 4.78 is 0. The van der Waals surface area contributed by atoms with Gasteiger partial charge in [-0.25, -0.2) is 0 Å². The van der Waals surface area contributed by atoms with Crippen molar-refractivity contribution in [1.29, 1.82) is 0 Å². The highest BCUT2D eigenvalue weighted by molar-refractivity contribution is 4.92. The van der Waals surface area contributed by atoms with Crippen molar-refractivity contribution < 1.29 is 0 Å². The fourth-order valence-electron chi connectivity index (χ4n) is 5.18. The summed E-state index contributed by atoms with van der Waals surface area (Å²) in [4.78, 5) is 2.76. The molecule has 0 aromatic rings. The quantitative estimate of drug-likeness (QED) is 0.521. The van der Waals surface area contributed by atoms with Crippen LogP contribution in [0, 0.1) is 22.2 Å². The summed E-state index contributed by atoms with van der Waals surface area (Å²) in [5.74, 6) is 0.884. The number of hydrogen-bond donors (Lipinski definition) is 0. The molecule has 0 aromatic heterocycles. The maximum atomic E-state index is 2.76. The smallest absolute Gasteiger partial charge is 0.0158 e. The standard InChI is InChI=1S/C22H45N/c1-11-20(5,6)17-21(7,8)18-12-14-23(15-13-18)22(9,10)16-19(2,3)4/h18H,11-17H2,1-10H3. The molecule has 0 spiro atoms. The van der Waals surface area contributed by atoms with E-state index in [2.05, 4.69) is 74.1 Å². The van der Waals surface area contributed by atoms with Crippen molar-refractivity contribution >= 4 is 0 Å². The second kappa shape index (κ2) is 7.06. The minimum Gasteiger partial charge on any atom is -0.298 e. The normalized spacial score (nSPS) is 20.1. The number of hydrogen-bond acceptors (Lipinski definition) is 1. The van der Waals surface area contributed by atoms with E-state index in [1.165, 1.54) is 45.2 Å². The predicted octanol–water partition coefficient (Wildman–Crippen LogP) is 6.77. The first-order valence-electron chi connectivity index (χ1n) is 9.94. The number of nitrogens with zero attached hydrogens (tertiary/aromatic N) is 1. The Bertz CT molecular complexity index is 362. The number of likely N-dealkylation sites (tertiary alicyclic amines) is 1. The lowest BCUT2D eigenvalue weighted by Crippen LogP contribution is -2.51. The monoisotopic (exact) mass is 323 g/mol. The molecule has 1 aliphatic heterocycles. The third-order valence-electron chi connectivity index (χ3n) is 6.31. The molecule has 0 amide bonds. The van der Waals surface area contributed by atoms with Gasteiger partial charge in [0.05, 0.1) is 0 Å². The zero-order valence-corrected chi connectivity index (χ0v) is 18.0. The Morgan fingerprint density at radius 2 is 1.26 bits per heavy atom. The van der Waals surface area contributed by atoms with Gasteiger partial charge in [-0.3, -0.25) is 4.90 Å². The summed E-state index contributed by atoms with van der Waals surface area (Å²) in [7, 11) is 0. The van der Waals surface area contributed by atoms with Crippen LogP contribution in [0.4, 0.5) is 0 Å². The molecule has 0 aromatic carbocycles. The van der Waals surface area contributed by atoms with Crippen LogP contribution >= 0.6 is 0 Å². The summed E-state index contributed by atoms with van der Waals surface area (Å²) in [5.41, 5.74) is 1.69. The average Bonchev–Trinajstić information content (AvgIpc) is 2.35. The predicted molar refractivity (Wildman–Crippen MR) is 105 cm³/mol. The van der Waals surface area contributed by atoms with Gasteiger partial charge in [0.1, 0.15) is 0 Å². The first-order chi connectivity index (χ1) is 10.2. The summed E-state index contributed by atoms with van der Waals surface area (Å²) in [6.07, 6.45) is 6.66. The van der Waals surface area contributed by atoms with Crippen LogP contribution in [-0.2, 0) is 0 Å². The molecule has 0 saturated carbocycles. The summed E-state index contributed by atoms with van der Waals surface area (Å²) in [5, 5.41) is 0. The molecule has 1 saturated heterocycles. The topological polar surface area (TPSA) is 3.24 Å². The fraction of sp³-hybridized carbons (Fsp3) is 1.00. The van der Waals surface area contributed by atoms with Gasteiger partial charge in [-0.15, -0.1) is 0 Å². The van der Waals surface area contributed by atoms with Crippen molar-refractivity contribution in [1.82, 2.24) is 4.90 Å². The second-order valence-corrected chi connectivity index (χ2v) is 11.5. The maximum absolute atomic E-state index is 2.76. The Labute approximate surface area is 147 Å². The molecule has 1 aliphatic rings. The molecular formula is C22H45N. The van der Waals surface area contributed by atoms with Crippen molar-refractivity contribution in [3.8, 4) is 0 Å². The zero-order chi connectivity index (χ0) is 18.1. The lowest BCUT2D eigenvalue weighted by atomic mass is 9.64. The highest BCUT2D eigenvalue weighted by atomic mass is 15.2. The van der Waals surface area contributed by atoms with Crippen molar-refractivity contribution in [3.63, 3.8) is 0 Å². The van der Waals surface area contributed by atoms with Crippen molar-refractivity contribution in [2.75, 3.05) is 13.1 Å². The molecule has 138 valence electrons. The molecule has 0 bridgehead atoms. The third-order valence-corrected chi connectivity index (χ3v) is 6.31. The van der Waals surface area contributed by atoms with E-state index >= 15 is 0 Å². The van der Waals surface area contributed by atoms with Gasteiger partial charge in [0.25, 0.3) is 0 Å². The fourth-order valence-corrected chi connectivity index (χ4v) is 5.18. The van der Waals surface area contributed by atoms with Gasteiger partial charge in [-0.2, -0.15) is 0 Å². The molecule has 1 nitrogen and oxygen atoms in total. The van der Waals surface area contributed by atoms with Gasteiger partial charge < -0.3 is 0 Å². The summed E-state index contributed by atoms with van der Waals surface area (Å²) >= 11 is 0. The van der Waals surface area contributed by atoms with Crippen LogP contribution < -0.4 is 0 Å². The van der Waals surface area contributed by atoms with Crippen LogP contribution in [0.5, 0.6) is 0 Å². The Hall–Kier alpha value is -0.0400. The SMILES string of the molecule is CCC(C)(C)CC(C)(C)C1CCN(C(C)(C)CC(C)(C)C)CC1. The Morgan fingerprint density at radius 3 is 1.65 bits per heavy atom. The first-order valence-corrected chi connectivity index (χ1v) is 9.94. The Kier molecular flexibility index (Phi) is 6.45. The minimum atomic E-state index is 0.329. The molecule has 0 unspecified atom stereocenters. The van der Waals surface area contributed by atoms with Gasteiger partial charge in [0.2, 0.25) is 0 Å². The summed E-state index contributed by atoms with van der Waals surface area (Å²) in [6.45, 7) is 26.8. The maximum Gasteiger partial charge on any atom is 0.0158 e. The van der Waals surface area contributed by atoms with E-state index in [1.807, 2.05) is 0 Å². The second-order valence-electron chi connectivity index (χ2n) is 11.5. The van der Waals surface area contributed by atoms with Crippen molar-refractivity contribution in [3.05, 3.63) is 0 Å². The van der Waals surface area contributed by atoms with Gasteiger partial charge in [-0.05, 0) is 74.8 Å². The van der Waals surface area contributed by atoms with Crippen LogP contribution in [0.15, 0.2) is 0 Å². The van der Waals surface area contributed by atoms with E-state index in [0.29, 0.717) is 21.8 Å².